The molecule has 0 fully saturated rings. The van der Waals surface area contributed by atoms with Crippen molar-refractivity contribution in [3.8, 4) is 0 Å². The van der Waals surface area contributed by atoms with Gasteiger partial charge in [-0.25, -0.2) is 0 Å². The van der Waals surface area contributed by atoms with Crippen molar-refractivity contribution in [3.63, 3.8) is 0 Å². The van der Waals surface area contributed by atoms with Gasteiger partial charge in [0.15, 0.2) is 0 Å². The monoisotopic (exact) mass is 247 g/mol. The van der Waals surface area contributed by atoms with Crippen molar-refractivity contribution in [2.75, 3.05) is 6.54 Å². The van der Waals surface area contributed by atoms with Gasteiger partial charge in [0.05, 0.1) is 0 Å². The Morgan fingerprint density at radius 2 is 1.94 bits per heavy atom. The van der Waals surface area contributed by atoms with Gasteiger partial charge in [-0.05, 0) is 43.3 Å². The van der Waals surface area contributed by atoms with Crippen LogP contribution in [0.1, 0.15) is 38.1 Å². The first-order chi connectivity index (χ1) is 8.16. The molecule has 0 saturated heterocycles. The van der Waals surface area contributed by atoms with E-state index in [-0.39, 0.29) is 0 Å². The number of nitrogens with one attached hydrogen (secondary N) is 1. The van der Waals surface area contributed by atoms with Crippen LogP contribution in [0.5, 0.6) is 0 Å². The van der Waals surface area contributed by atoms with Crippen LogP contribution >= 0.6 is 11.3 Å². The summed E-state index contributed by atoms with van der Waals surface area (Å²) in [6.45, 7) is 7.90. The maximum Gasteiger partial charge on any atom is 0.0386 e. The Hall–Kier alpha value is -0.860. The Morgan fingerprint density at radius 1 is 1.18 bits per heavy atom. The van der Waals surface area contributed by atoms with Crippen molar-refractivity contribution in [2.45, 2.75) is 33.2 Å². The predicted molar refractivity (Wildman–Crippen MR) is 77.7 cm³/mol. The highest BCUT2D eigenvalue weighted by molar-refractivity contribution is 7.19. The van der Waals surface area contributed by atoms with Crippen LogP contribution in [0, 0.1) is 5.92 Å². The van der Waals surface area contributed by atoms with Crippen molar-refractivity contribution in [2.24, 2.45) is 5.92 Å². The number of fused-ring (bicyclic) bond motifs is 1. The molecule has 0 bridgehead atoms. The molecular weight excluding hydrogens is 226 g/mol. The Balaban J connectivity index is 2.01. The summed E-state index contributed by atoms with van der Waals surface area (Å²) in [6.07, 6.45) is 1.25. The third-order valence-corrected chi connectivity index (χ3v) is 4.34. The normalized spacial score (nSPS) is 13.4. The van der Waals surface area contributed by atoms with Crippen LogP contribution in [0.3, 0.4) is 0 Å². The second kappa shape index (κ2) is 5.65. The Bertz CT molecular complexity index is 439. The molecule has 0 aliphatic carbocycles. The smallest absolute Gasteiger partial charge is 0.0386 e. The molecule has 2 heteroatoms. The lowest BCUT2D eigenvalue weighted by atomic mass is 10.1. The van der Waals surface area contributed by atoms with Gasteiger partial charge < -0.3 is 5.32 Å². The van der Waals surface area contributed by atoms with Gasteiger partial charge in [0.2, 0.25) is 0 Å². The first kappa shape index (κ1) is 12.6. The molecule has 0 radical (unpaired) electrons. The summed E-state index contributed by atoms with van der Waals surface area (Å²) >= 11 is 1.90. The zero-order chi connectivity index (χ0) is 12.3. The van der Waals surface area contributed by atoms with Crippen molar-refractivity contribution >= 4 is 21.4 Å². The summed E-state index contributed by atoms with van der Waals surface area (Å²) in [7, 11) is 0. The van der Waals surface area contributed by atoms with Crippen molar-refractivity contribution in [1.29, 1.82) is 0 Å². The van der Waals surface area contributed by atoms with Gasteiger partial charge in [-0.3, -0.25) is 0 Å². The third kappa shape index (κ3) is 3.30. The molecule has 2 aromatic rings. The highest BCUT2D eigenvalue weighted by atomic mass is 32.1. The Labute approximate surface area is 108 Å². The quantitative estimate of drug-likeness (QED) is 0.814. The maximum atomic E-state index is 3.60. The van der Waals surface area contributed by atoms with E-state index >= 15 is 0 Å². The lowest BCUT2D eigenvalue weighted by molar-refractivity contribution is 0.500. The fraction of sp³-hybridized carbons (Fsp3) is 0.467. The van der Waals surface area contributed by atoms with Crippen LogP contribution in [0.25, 0.3) is 10.1 Å². The van der Waals surface area contributed by atoms with E-state index in [0.717, 1.165) is 12.5 Å². The summed E-state index contributed by atoms with van der Waals surface area (Å²) < 4.78 is 1.39. The number of rotatable bonds is 5. The molecule has 2 rings (SSSR count). The van der Waals surface area contributed by atoms with Crippen molar-refractivity contribution in [1.82, 2.24) is 5.32 Å². The minimum atomic E-state index is 0.464. The number of hydrogen-bond acceptors (Lipinski definition) is 2. The van der Waals surface area contributed by atoms with Gasteiger partial charge >= 0.3 is 0 Å². The van der Waals surface area contributed by atoms with Crippen LogP contribution in [-0.4, -0.2) is 6.54 Å². The molecule has 0 aliphatic rings. The first-order valence-corrected chi connectivity index (χ1v) is 7.20. The molecule has 1 unspecified atom stereocenters. The third-order valence-electron chi connectivity index (χ3n) is 3.04. The van der Waals surface area contributed by atoms with Gasteiger partial charge in [-0.15, -0.1) is 11.3 Å². The molecule has 0 amide bonds. The van der Waals surface area contributed by atoms with E-state index in [4.69, 9.17) is 0 Å². The van der Waals surface area contributed by atoms with E-state index in [9.17, 15) is 0 Å². The summed E-state index contributed by atoms with van der Waals surface area (Å²) in [5.74, 6) is 0.775. The van der Waals surface area contributed by atoms with E-state index in [1.807, 2.05) is 11.3 Å². The zero-order valence-electron chi connectivity index (χ0n) is 10.9. The molecular formula is C15H21NS. The van der Waals surface area contributed by atoms with E-state index in [1.54, 1.807) is 0 Å². The minimum Gasteiger partial charge on any atom is -0.309 e. The molecule has 0 spiro atoms. The van der Waals surface area contributed by atoms with Crippen LogP contribution in [-0.2, 0) is 0 Å². The number of thiophene rings is 1. The van der Waals surface area contributed by atoms with Gasteiger partial charge in [0.1, 0.15) is 0 Å². The molecule has 0 saturated carbocycles. The standard InChI is InChI=1S/C15H21NS/c1-11(2)8-9-16-12(3)15-10-13-6-4-5-7-14(13)17-15/h4-7,10-12,16H,8-9H2,1-3H3. The largest absolute Gasteiger partial charge is 0.309 e. The van der Waals surface area contributed by atoms with Crippen LogP contribution < -0.4 is 5.32 Å². The summed E-state index contributed by atoms with van der Waals surface area (Å²) in [4.78, 5) is 1.44. The summed E-state index contributed by atoms with van der Waals surface area (Å²) in [5, 5.41) is 4.97. The Kier molecular flexibility index (Phi) is 4.19. The number of hydrogen-bond donors (Lipinski definition) is 1. The second-order valence-corrected chi connectivity index (χ2v) is 6.16. The SMILES string of the molecule is CC(C)CCNC(C)c1cc2ccccc2s1. The molecule has 1 aromatic heterocycles. The highest BCUT2D eigenvalue weighted by Crippen LogP contribution is 2.29. The number of benzene rings is 1. The summed E-state index contributed by atoms with van der Waals surface area (Å²) in [5.41, 5.74) is 0. The molecule has 17 heavy (non-hydrogen) atoms. The van der Waals surface area contributed by atoms with Gasteiger partial charge in [-0.1, -0.05) is 32.0 Å². The van der Waals surface area contributed by atoms with E-state index in [1.165, 1.54) is 21.4 Å². The molecule has 1 heterocycles. The first-order valence-electron chi connectivity index (χ1n) is 6.38. The Morgan fingerprint density at radius 3 is 2.65 bits per heavy atom. The molecule has 92 valence electrons. The molecule has 1 atom stereocenters. The fourth-order valence-corrected chi connectivity index (χ4v) is 3.00. The highest BCUT2D eigenvalue weighted by Gasteiger charge is 2.08. The van der Waals surface area contributed by atoms with Crippen LogP contribution in [0.4, 0.5) is 0 Å². The lowest BCUT2D eigenvalue weighted by Gasteiger charge is -2.12. The van der Waals surface area contributed by atoms with Crippen LogP contribution in [0.2, 0.25) is 0 Å². The molecule has 1 aromatic carbocycles. The topological polar surface area (TPSA) is 12.0 Å². The molecule has 1 nitrogen and oxygen atoms in total. The summed E-state index contributed by atoms with van der Waals surface area (Å²) in [6, 6.07) is 11.4. The van der Waals surface area contributed by atoms with Gasteiger partial charge in [0, 0.05) is 15.6 Å². The van der Waals surface area contributed by atoms with Gasteiger partial charge in [0.25, 0.3) is 0 Å². The second-order valence-electron chi connectivity index (χ2n) is 5.04. The maximum absolute atomic E-state index is 3.60. The predicted octanol–water partition coefficient (Wildman–Crippen LogP) is 4.60. The van der Waals surface area contributed by atoms with Crippen molar-refractivity contribution < 1.29 is 0 Å². The fourth-order valence-electron chi connectivity index (χ4n) is 1.90. The molecule has 0 aliphatic heterocycles. The van der Waals surface area contributed by atoms with E-state index in [2.05, 4.69) is 56.4 Å². The lowest BCUT2D eigenvalue weighted by Crippen LogP contribution is -2.20. The minimum absolute atomic E-state index is 0.464. The van der Waals surface area contributed by atoms with Crippen molar-refractivity contribution in [3.05, 3.63) is 35.2 Å². The average molecular weight is 247 g/mol. The molecule has 1 N–H and O–H groups in total. The zero-order valence-corrected chi connectivity index (χ0v) is 11.7. The van der Waals surface area contributed by atoms with Crippen LogP contribution in [0.15, 0.2) is 30.3 Å². The average Bonchev–Trinajstić information content (AvgIpc) is 2.71. The van der Waals surface area contributed by atoms with E-state index in [0.29, 0.717) is 6.04 Å². The van der Waals surface area contributed by atoms with Gasteiger partial charge in [-0.2, -0.15) is 0 Å². The van der Waals surface area contributed by atoms with E-state index < -0.39 is 0 Å².